The minimum Gasteiger partial charge on any atom is -0.496 e. The van der Waals surface area contributed by atoms with Crippen molar-refractivity contribution in [1.82, 2.24) is 10.9 Å². The van der Waals surface area contributed by atoms with Gasteiger partial charge in [-0.3, -0.25) is 20.4 Å². The van der Waals surface area contributed by atoms with Crippen LogP contribution in [0.3, 0.4) is 0 Å². The fourth-order valence-corrected chi connectivity index (χ4v) is 2.29. The van der Waals surface area contributed by atoms with Gasteiger partial charge in [0.2, 0.25) is 0 Å². The molecule has 0 saturated heterocycles. The number of amides is 2. The molecule has 0 heterocycles. The van der Waals surface area contributed by atoms with Crippen molar-refractivity contribution in [3.05, 3.63) is 59.7 Å². The maximum absolute atomic E-state index is 12.2. The summed E-state index contributed by atoms with van der Waals surface area (Å²) in [4.78, 5) is 24.1. The van der Waals surface area contributed by atoms with Crippen molar-refractivity contribution in [2.45, 2.75) is 6.92 Å². The van der Waals surface area contributed by atoms with E-state index in [1.807, 2.05) is 25.1 Å². The van der Waals surface area contributed by atoms with E-state index in [1.165, 1.54) is 19.3 Å². The smallest absolute Gasteiger partial charge is 0.269 e. The quantitative estimate of drug-likeness (QED) is 0.578. The monoisotopic (exact) mass is 370 g/mol. The van der Waals surface area contributed by atoms with Crippen LogP contribution in [0, 0.1) is 0 Å². The molecule has 2 aromatic carbocycles. The molecule has 0 aliphatic rings. The fourth-order valence-electron chi connectivity index (χ4n) is 2.29. The third kappa shape index (κ3) is 5.50. The molecule has 2 N–H and O–H groups in total. The maximum Gasteiger partial charge on any atom is 0.269 e. The molecule has 0 spiro atoms. The molecule has 27 heavy (non-hydrogen) atoms. The Labute approximate surface area is 157 Å². The normalized spacial score (nSPS) is 10.3. The molecule has 0 bridgehead atoms. The van der Waals surface area contributed by atoms with Gasteiger partial charge in [-0.25, -0.2) is 0 Å². The summed E-state index contributed by atoms with van der Waals surface area (Å²) in [5, 5.41) is 0. The van der Waals surface area contributed by atoms with E-state index in [2.05, 4.69) is 10.9 Å². The third-order valence-electron chi connectivity index (χ3n) is 3.58. The molecule has 7 nitrogen and oxygen atoms in total. The Morgan fingerprint density at radius 2 is 1.70 bits per heavy atom. The molecule has 2 rings (SSSR count). The summed E-state index contributed by atoms with van der Waals surface area (Å²) in [7, 11) is 3.04. The first-order valence-electron chi connectivity index (χ1n) is 8.31. The van der Waals surface area contributed by atoms with Crippen LogP contribution in [-0.2, 0) is 4.79 Å². The van der Waals surface area contributed by atoms with Crippen LogP contribution in [0.25, 0.3) is 6.08 Å². The molecule has 0 atom stereocenters. The summed E-state index contributed by atoms with van der Waals surface area (Å²) in [5.74, 6) is 0.668. The summed E-state index contributed by atoms with van der Waals surface area (Å²) in [6, 6.07) is 12.0. The van der Waals surface area contributed by atoms with Crippen LogP contribution in [0.15, 0.2) is 48.5 Å². The fraction of sp³-hybridized carbons (Fsp3) is 0.200. The van der Waals surface area contributed by atoms with Gasteiger partial charge in [-0.1, -0.05) is 18.2 Å². The van der Waals surface area contributed by atoms with Crippen molar-refractivity contribution < 1.29 is 23.8 Å². The van der Waals surface area contributed by atoms with Gasteiger partial charge in [0.15, 0.2) is 11.5 Å². The number of ether oxygens (including phenoxy) is 3. The first-order valence-corrected chi connectivity index (χ1v) is 8.31. The zero-order valence-corrected chi connectivity index (χ0v) is 15.4. The van der Waals surface area contributed by atoms with Crippen LogP contribution < -0.4 is 25.1 Å². The predicted octanol–water partition coefficient (Wildman–Crippen LogP) is 2.58. The van der Waals surface area contributed by atoms with Gasteiger partial charge in [-0.15, -0.1) is 0 Å². The number of hydrogen-bond acceptors (Lipinski definition) is 5. The Balaban J connectivity index is 1.96. The SMILES string of the molecule is CCOc1ccc(C(=O)NNC(=O)/C=C/c2ccccc2OC)cc1OC. The lowest BCUT2D eigenvalue weighted by atomic mass is 10.2. The van der Waals surface area contributed by atoms with E-state index in [0.29, 0.717) is 29.4 Å². The first kappa shape index (κ1) is 19.8. The van der Waals surface area contributed by atoms with Gasteiger partial charge in [0.25, 0.3) is 11.8 Å². The molecule has 7 heteroatoms. The highest BCUT2D eigenvalue weighted by Gasteiger charge is 2.11. The molecular weight excluding hydrogens is 348 g/mol. The van der Waals surface area contributed by atoms with Crippen LogP contribution in [-0.4, -0.2) is 32.6 Å². The summed E-state index contributed by atoms with van der Waals surface area (Å²) in [5.41, 5.74) is 5.75. The zero-order valence-electron chi connectivity index (χ0n) is 15.4. The van der Waals surface area contributed by atoms with E-state index >= 15 is 0 Å². The highest BCUT2D eigenvalue weighted by Crippen LogP contribution is 2.27. The third-order valence-corrected chi connectivity index (χ3v) is 3.58. The number of rotatable bonds is 7. The van der Waals surface area contributed by atoms with Crippen molar-refractivity contribution in [3.8, 4) is 17.2 Å². The number of carbonyl (C=O) groups excluding carboxylic acids is 2. The van der Waals surface area contributed by atoms with Crippen LogP contribution in [0.5, 0.6) is 17.2 Å². The predicted molar refractivity (Wildman–Crippen MR) is 102 cm³/mol. The molecule has 2 amide bonds. The standard InChI is InChI=1S/C20H22N2O5/c1-4-27-17-11-9-15(13-18(17)26-3)20(24)22-21-19(23)12-10-14-7-5-6-8-16(14)25-2/h5-13H,4H2,1-3H3,(H,21,23)(H,22,24)/b12-10+. The molecule has 0 fully saturated rings. The molecule has 0 aliphatic carbocycles. The summed E-state index contributed by atoms with van der Waals surface area (Å²) >= 11 is 0. The lowest BCUT2D eigenvalue weighted by molar-refractivity contribution is -0.117. The molecule has 0 aromatic heterocycles. The number of nitrogens with one attached hydrogen (secondary N) is 2. The van der Waals surface area contributed by atoms with E-state index < -0.39 is 11.8 Å². The van der Waals surface area contributed by atoms with Crippen molar-refractivity contribution in [3.63, 3.8) is 0 Å². The van der Waals surface area contributed by atoms with Gasteiger partial charge in [-0.05, 0) is 37.3 Å². The van der Waals surface area contributed by atoms with Crippen LogP contribution in [0.2, 0.25) is 0 Å². The Morgan fingerprint density at radius 1 is 0.963 bits per heavy atom. The van der Waals surface area contributed by atoms with Crippen molar-refractivity contribution in [2.24, 2.45) is 0 Å². The van der Waals surface area contributed by atoms with E-state index in [1.54, 1.807) is 31.4 Å². The van der Waals surface area contributed by atoms with Crippen LogP contribution in [0.1, 0.15) is 22.8 Å². The van der Waals surface area contributed by atoms with Gasteiger partial charge in [0.1, 0.15) is 5.75 Å². The van der Waals surface area contributed by atoms with E-state index in [0.717, 1.165) is 5.56 Å². The van der Waals surface area contributed by atoms with Gasteiger partial charge in [-0.2, -0.15) is 0 Å². The number of hydrazine groups is 1. The number of carbonyl (C=O) groups is 2. The molecular formula is C20H22N2O5. The van der Waals surface area contributed by atoms with Gasteiger partial charge in [0.05, 0.1) is 20.8 Å². The first-order chi connectivity index (χ1) is 13.1. The van der Waals surface area contributed by atoms with E-state index in [9.17, 15) is 9.59 Å². The average molecular weight is 370 g/mol. The van der Waals surface area contributed by atoms with Crippen molar-refractivity contribution in [2.75, 3.05) is 20.8 Å². The maximum atomic E-state index is 12.2. The molecule has 2 aromatic rings. The summed E-state index contributed by atoms with van der Waals surface area (Å²) in [6.07, 6.45) is 2.90. The molecule has 0 radical (unpaired) electrons. The Kier molecular flexibility index (Phi) is 7.25. The Bertz CT molecular complexity index is 833. The topological polar surface area (TPSA) is 85.9 Å². The minimum absolute atomic E-state index is 0.323. The number of para-hydroxylation sites is 1. The van der Waals surface area contributed by atoms with Crippen LogP contribution >= 0.6 is 0 Å². The van der Waals surface area contributed by atoms with E-state index in [-0.39, 0.29) is 0 Å². The van der Waals surface area contributed by atoms with Crippen molar-refractivity contribution >= 4 is 17.9 Å². The second-order valence-corrected chi connectivity index (χ2v) is 5.32. The molecule has 0 saturated carbocycles. The van der Waals surface area contributed by atoms with E-state index in [4.69, 9.17) is 14.2 Å². The van der Waals surface area contributed by atoms with Gasteiger partial charge < -0.3 is 14.2 Å². The summed E-state index contributed by atoms with van der Waals surface area (Å²) in [6.45, 7) is 2.34. The molecule has 0 aliphatic heterocycles. The second-order valence-electron chi connectivity index (χ2n) is 5.32. The van der Waals surface area contributed by atoms with Crippen LogP contribution in [0.4, 0.5) is 0 Å². The average Bonchev–Trinajstić information content (AvgIpc) is 2.71. The van der Waals surface area contributed by atoms with Crippen molar-refractivity contribution in [1.29, 1.82) is 0 Å². The molecule has 0 unspecified atom stereocenters. The highest BCUT2D eigenvalue weighted by molar-refractivity contribution is 5.98. The number of methoxy groups -OCH3 is 2. The molecule has 142 valence electrons. The number of hydrogen-bond donors (Lipinski definition) is 2. The second kappa shape index (κ2) is 9.86. The lowest BCUT2D eigenvalue weighted by Crippen LogP contribution is -2.40. The zero-order chi connectivity index (χ0) is 19.6. The number of benzene rings is 2. The Morgan fingerprint density at radius 3 is 2.41 bits per heavy atom. The lowest BCUT2D eigenvalue weighted by Gasteiger charge is -2.11. The Hall–Kier alpha value is -3.48. The minimum atomic E-state index is -0.479. The largest absolute Gasteiger partial charge is 0.496 e. The van der Waals surface area contributed by atoms with Gasteiger partial charge in [0, 0.05) is 17.2 Å². The highest BCUT2D eigenvalue weighted by atomic mass is 16.5. The summed E-state index contributed by atoms with van der Waals surface area (Å²) < 4.78 is 15.8. The van der Waals surface area contributed by atoms with Gasteiger partial charge >= 0.3 is 0 Å².